The number of pyridine rings is 1. The van der Waals surface area contributed by atoms with Gasteiger partial charge in [-0.3, -0.25) is 9.59 Å². The van der Waals surface area contributed by atoms with Gasteiger partial charge in [-0.2, -0.15) is 5.10 Å². The lowest BCUT2D eigenvalue weighted by Crippen LogP contribution is -2.19. The third-order valence-electron chi connectivity index (χ3n) is 5.08. The average molecular weight is 488 g/mol. The van der Waals surface area contributed by atoms with Crippen molar-refractivity contribution in [1.29, 1.82) is 0 Å². The summed E-state index contributed by atoms with van der Waals surface area (Å²) in [4.78, 5) is 29.9. The molecule has 184 valence electrons. The molecule has 9 heteroatoms. The molecule has 0 aliphatic rings. The molecule has 2 N–H and O–H groups in total. The number of anilines is 2. The Bertz CT molecular complexity index is 1320. The van der Waals surface area contributed by atoms with Crippen LogP contribution in [0.5, 0.6) is 5.75 Å². The molecule has 0 bridgehead atoms. The fourth-order valence-electron chi connectivity index (χ4n) is 3.22. The van der Waals surface area contributed by atoms with Gasteiger partial charge in [-0.05, 0) is 54.4 Å². The SMILES string of the molecule is C#Cc1ccc(NC(=O)c2cc(OC)ccc2NC(=O)c2ccc(C=NN(C)CCC)cc2F)nc1. The van der Waals surface area contributed by atoms with Crippen LogP contribution in [0, 0.1) is 18.2 Å². The minimum atomic E-state index is -0.716. The number of benzene rings is 2. The van der Waals surface area contributed by atoms with E-state index in [9.17, 15) is 14.0 Å². The number of hydrogen-bond donors (Lipinski definition) is 2. The summed E-state index contributed by atoms with van der Waals surface area (Å²) in [6.07, 6.45) is 9.23. The van der Waals surface area contributed by atoms with Gasteiger partial charge in [0.15, 0.2) is 0 Å². The van der Waals surface area contributed by atoms with E-state index in [1.165, 1.54) is 43.8 Å². The van der Waals surface area contributed by atoms with Gasteiger partial charge >= 0.3 is 0 Å². The van der Waals surface area contributed by atoms with Crippen molar-refractivity contribution in [2.24, 2.45) is 5.10 Å². The molecule has 0 spiro atoms. The fourth-order valence-corrected chi connectivity index (χ4v) is 3.22. The summed E-state index contributed by atoms with van der Waals surface area (Å²) in [6, 6.07) is 11.9. The quantitative estimate of drug-likeness (QED) is 0.265. The van der Waals surface area contributed by atoms with Crippen molar-refractivity contribution >= 4 is 29.5 Å². The Balaban J connectivity index is 1.81. The number of hydrazone groups is 1. The molecule has 36 heavy (non-hydrogen) atoms. The van der Waals surface area contributed by atoms with Gasteiger partial charge in [-0.1, -0.05) is 18.9 Å². The van der Waals surface area contributed by atoms with Crippen molar-refractivity contribution in [3.8, 4) is 18.1 Å². The predicted molar refractivity (Wildman–Crippen MR) is 138 cm³/mol. The highest BCUT2D eigenvalue weighted by atomic mass is 19.1. The smallest absolute Gasteiger partial charge is 0.259 e. The van der Waals surface area contributed by atoms with E-state index in [-0.39, 0.29) is 22.6 Å². The van der Waals surface area contributed by atoms with Gasteiger partial charge in [0, 0.05) is 25.4 Å². The molecule has 0 fully saturated rings. The molecule has 0 unspecified atom stereocenters. The molecule has 2 aromatic carbocycles. The van der Waals surface area contributed by atoms with Gasteiger partial charge < -0.3 is 20.4 Å². The van der Waals surface area contributed by atoms with Crippen molar-refractivity contribution in [3.63, 3.8) is 0 Å². The van der Waals surface area contributed by atoms with Crippen molar-refractivity contribution in [2.75, 3.05) is 31.3 Å². The number of amides is 2. The number of methoxy groups -OCH3 is 1. The van der Waals surface area contributed by atoms with E-state index in [2.05, 4.69) is 26.6 Å². The maximum absolute atomic E-state index is 14.7. The van der Waals surface area contributed by atoms with Crippen LogP contribution in [0.1, 0.15) is 45.2 Å². The molecule has 3 rings (SSSR count). The average Bonchev–Trinajstić information content (AvgIpc) is 2.88. The molecular weight excluding hydrogens is 461 g/mol. The summed E-state index contributed by atoms with van der Waals surface area (Å²) in [7, 11) is 3.28. The lowest BCUT2D eigenvalue weighted by Gasteiger charge is -2.13. The van der Waals surface area contributed by atoms with E-state index in [4.69, 9.17) is 11.2 Å². The molecule has 2 amide bonds. The number of hydrogen-bond acceptors (Lipinski definition) is 6. The van der Waals surface area contributed by atoms with Crippen LogP contribution in [-0.4, -0.2) is 48.7 Å². The summed E-state index contributed by atoms with van der Waals surface area (Å²) < 4.78 is 20.0. The maximum atomic E-state index is 14.7. The van der Waals surface area contributed by atoms with Crippen LogP contribution in [0.3, 0.4) is 0 Å². The largest absolute Gasteiger partial charge is 0.497 e. The number of aromatic nitrogens is 1. The summed E-state index contributed by atoms with van der Waals surface area (Å²) in [5.41, 5.74) is 1.18. The Hall–Kier alpha value is -4.71. The standard InChI is InChI=1S/C27H26FN5O3/c1-5-13-33(3)30-17-19-7-10-21(23(28)14-19)26(34)31-24-11-9-20(36-4)15-22(24)27(35)32-25-12-8-18(6-2)16-29-25/h2,7-12,14-17H,5,13H2,1,3-4H3,(H,31,34)(H,29,32,35). The maximum Gasteiger partial charge on any atom is 0.259 e. The lowest BCUT2D eigenvalue weighted by molar-refractivity contribution is 0.102. The van der Waals surface area contributed by atoms with Crippen LogP contribution in [-0.2, 0) is 0 Å². The molecule has 0 aliphatic heterocycles. The van der Waals surface area contributed by atoms with Crippen LogP contribution in [0.25, 0.3) is 0 Å². The van der Waals surface area contributed by atoms with Crippen molar-refractivity contribution in [3.05, 3.63) is 82.8 Å². The van der Waals surface area contributed by atoms with Crippen LogP contribution in [0.4, 0.5) is 15.9 Å². The number of carbonyl (C=O) groups is 2. The van der Waals surface area contributed by atoms with Crippen molar-refractivity contribution < 1.29 is 18.7 Å². The second-order valence-electron chi connectivity index (χ2n) is 7.76. The first-order valence-electron chi connectivity index (χ1n) is 11.1. The Kier molecular flexibility index (Phi) is 8.73. The Morgan fingerprint density at radius 3 is 2.56 bits per heavy atom. The van der Waals surface area contributed by atoms with Crippen LogP contribution in [0.2, 0.25) is 0 Å². The summed E-state index contributed by atoms with van der Waals surface area (Å²) >= 11 is 0. The molecule has 0 saturated carbocycles. The summed E-state index contributed by atoms with van der Waals surface area (Å²) in [5, 5.41) is 11.2. The first kappa shape index (κ1) is 25.9. The molecule has 0 atom stereocenters. The van der Waals surface area contributed by atoms with Crippen molar-refractivity contribution in [1.82, 2.24) is 9.99 Å². The Labute approximate surface area is 209 Å². The Morgan fingerprint density at radius 2 is 1.92 bits per heavy atom. The monoisotopic (exact) mass is 487 g/mol. The van der Waals surface area contributed by atoms with Crippen LogP contribution < -0.4 is 15.4 Å². The van der Waals surface area contributed by atoms with Gasteiger partial charge in [0.25, 0.3) is 11.8 Å². The molecular formula is C27H26FN5O3. The topological polar surface area (TPSA) is 95.9 Å². The molecule has 0 aliphatic carbocycles. The number of rotatable bonds is 9. The van der Waals surface area contributed by atoms with Gasteiger partial charge in [0.1, 0.15) is 17.4 Å². The lowest BCUT2D eigenvalue weighted by atomic mass is 10.1. The van der Waals surface area contributed by atoms with Gasteiger partial charge in [-0.25, -0.2) is 9.37 Å². The number of nitrogens with zero attached hydrogens (tertiary/aromatic N) is 3. The number of terminal acetylenes is 1. The number of carbonyl (C=O) groups excluding carboxylic acids is 2. The number of nitrogens with one attached hydrogen (secondary N) is 2. The predicted octanol–water partition coefficient (Wildman–Crippen LogP) is 4.39. The molecule has 1 aromatic heterocycles. The third-order valence-corrected chi connectivity index (χ3v) is 5.08. The minimum absolute atomic E-state index is 0.105. The fraction of sp³-hybridized carbons (Fsp3) is 0.185. The zero-order valence-corrected chi connectivity index (χ0v) is 20.2. The van der Waals surface area contributed by atoms with Gasteiger partial charge in [0.05, 0.1) is 30.1 Å². The van der Waals surface area contributed by atoms with Gasteiger partial charge in [0.2, 0.25) is 0 Å². The second-order valence-corrected chi connectivity index (χ2v) is 7.76. The highest BCUT2D eigenvalue weighted by Gasteiger charge is 2.18. The van der Waals surface area contributed by atoms with Crippen LogP contribution in [0.15, 0.2) is 59.8 Å². The highest BCUT2D eigenvalue weighted by Crippen LogP contribution is 2.24. The van der Waals surface area contributed by atoms with Crippen LogP contribution >= 0.6 is 0 Å². The normalized spacial score (nSPS) is 10.5. The van der Waals surface area contributed by atoms with E-state index in [1.807, 2.05) is 14.0 Å². The van der Waals surface area contributed by atoms with E-state index >= 15 is 0 Å². The molecule has 0 radical (unpaired) electrons. The molecule has 1 heterocycles. The van der Waals surface area contributed by atoms with E-state index in [1.54, 1.807) is 29.3 Å². The Morgan fingerprint density at radius 1 is 1.14 bits per heavy atom. The first-order valence-corrected chi connectivity index (χ1v) is 11.1. The van der Waals surface area contributed by atoms with E-state index in [0.29, 0.717) is 16.9 Å². The number of ether oxygens (including phenoxy) is 1. The van der Waals surface area contributed by atoms with Crippen molar-refractivity contribution in [2.45, 2.75) is 13.3 Å². The minimum Gasteiger partial charge on any atom is -0.497 e. The highest BCUT2D eigenvalue weighted by molar-refractivity contribution is 6.12. The zero-order valence-electron chi connectivity index (χ0n) is 20.2. The first-order chi connectivity index (χ1) is 17.3. The summed E-state index contributed by atoms with van der Waals surface area (Å²) in [5.74, 6) is 1.14. The van der Waals surface area contributed by atoms with E-state index < -0.39 is 17.6 Å². The molecule has 3 aromatic rings. The molecule has 0 saturated heterocycles. The molecule has 8 nitrogen and oxygen atoms in total. The zero-order chi connectivity index (χ0) is 26.1. The van der Waals surface area contributed by atoms with E-state index in [0.717, 1.165) is 13.0 Å². The third kappa shape index (κ3) is 6.67. The number of halogens is 1. The summed E-state index contributed by atoms with van der Waals surface area (Å²) in [6.45, 7) is 2.80. The van der Waals surface area contributed by atoms with Gasteiger partial charge in [-0.15, -0.1) is 6.42 Å². The second kappa shape index (κ2) is 12.1.